The smallest absolute Gasteiger partial charge is 0.257 e. The Hall–Kier alpha value is -2.47. The van der Waals surface area contributed by atoms with E-state index in [2.05, 4.69) is 5.32 Å². The first-order valence-electron chi connectivity index (χ1n) is 8.76. The number of carbonyl (C=O) groups is 1. The zero-order valence-electron chi connectivity index (χ0n) is 15.4. The van der Waals surface area contributed by atoms with E-state index in [9.17, 15) is 9.18 Å². The Balaban J connectivity index is 1.80. The first kappa shape index (κ1) is 20.8. The highest BCUT2D eigenvalue weighted by Crippen LogP contribution is 2.28. The normalized spacial score (nSPS) is 10.4. The summed E-state index contributed by atoms with van der Waals surface area (Å²) in [6.45, 7) is 5.22. The molecule has 2 aromatic rings. The van der Waals surface area contributed by atoms with Gasteiger partial charge in [-0.2, -0.15) is 0 Å². The zero-order valence-corrected chi connectivity index (χ0v) is 16.1. The molecule has 0 unspecified atom stereocenters. The number of hydrogen-bond donors (Lipinski definition) is 1. The highest BCUT2D eigenvalue weighted by Gasteiger charge is 2.08. The molecule has 0 spiro atoms. The van der Waals surface area contributed by atoms with Crippen molar-refractivity contribution in [2.45, 2.75) is 20.3 Å². The van der Waals surface area contributed by atoms with Crippen molar-refractivity contribution in [2.24, 2.45) is 0 Å². The summed E-state index contributed by atoms with van der Waals surface area (Å²) < 4.78 is 29.5. The first-order valence-corrected chi connectivity index (χ1v) is 9.14. The van der Waals surface area contributed by atoms with Gasteiger partial charge in [0.1, 0.15) is 11.6 Å². The summed E-state index contributed by atoms with van der Waals surface area (Å²) >= 11 is 5.67. The standard InChI is InChI=1S/C20H23ClFNO4/c1-3-25-18-8-5-14(11-19(18)26-4-2)9-10-23-20(24)13-27-15-6-7-17(22)16(21)12-15/h5-8,11-12H,3-4,9-10,13H2,1-2H3,(H,23,24). The highest BCUT2D eigenvalue weighted by molar-refractivity contribution is 6.30. The van der Waals surface area contributed by atoms with Crippen molar-refractivity contribution in [3.05, 3.63) is 52.8 Å². The van der Waals surface area contributed by atoms with Crippen LogP contribution in [0.4, 0.5) is 4.39 Å². The predicted molar refractivity (Wildman–Crippen MR) is 102 cm³/mol. The molecule has 0 heterocycles. The zero-order chi connectivity index (χ0) is 19.6. The number of hydrogen-bond acceptors (Lipinski definition) is 4. The van der Waals surface area contributed by atoms with Crippen LogP contribution < -0.4 is 19.5 Å². The average molecular weight is 396 g/mol. The van der Waals surface area contributed by atoms with Crippen LogP contribution in [0.15, 0.2) is 36.4 Å². The van der Waals surface area contributed by atoms with E-state index in [1.54, 1.807) is 0 Å². The number of amides is 1. The minimum atomic E-state index is -0.532. The Morgan fingerprint density at radius 3 is 2.48 bits per heavy atom. The summed E-state index contributed by atoms with van der Waals surface area (Å²) in [5.41, 5.74) is 1.02. The lowest BCUT2D eigenvalue weighted by Crippen LogP contribution is -2.30. The van der Waals surface area contributed by atoms with Gasteiger partial charge in [-0.1, -0.05) is 17.7 Å². The Kier molecular flexibility index (Phi) is 8.20. The molecule has 0 aliphatic carbocycles. The summed E-state index contributed by atoms with van der Waals surface area (Å²) in [7, 11) is 0. The highest BCUT2D eigenvalue weighted by atomic mass is 35.5. The molecule has 2 aromatic carbocycles. The molecule has 0 atom stereocenters. The monoisotopic (exact) mass is 395 g/mol. The summed E-state index contributed by atoms with van der Waals surface area (Å²) in [6.07, 6.45) is 0.639. The SMILES string of the molecule is CCOc1ccc(CCNC(=O)COc2ccc(F)c(Cl)c2)cc1OCC. The fraction of sp³-hybridized carbons (Fsp3) is 0.350. The number of benzene rings is 2. The third-order valence-corrected chi connectivity index (χ3v) is 3.89. The molecular formula is C20H23ClFNO4. The average Bonchev–Trinajstić information content (AvgIpc) is 2.65. The number of carbonyl (C=O) groups excluding carboxylic acids is 1. The molecule has 0 radical (unpaired) electrons. The van der Waals surface area contributed by atoms with Gasteiger partial charge in [0.25, 0.3) is 5.91 Å². The molecule has 0 aromatic heterocycles. The van der Waals surface area contributed by atoms with Crippen LogP contribution in [0.25, 0.3) is 0 Å². The maximum Gasteiger partial charge on any atom is 0.257 e. The van der Waals surface area contributed by atoms with Crippen LogP contribution in [-0.4, -0.2) is 32.3 Å². The van der Waals surface area contributed by atoms with Gasteiger partial charge in [0, 0.05) is 12.6 Å². The summed E-state index contributed by atoms with van der Waals surface area (Å²) in [4.78, 5) is 11.9. The van der Waals surface area contributed by atoms with Gasteiger partial charge in [-0.25, -0.2) is 4.39 Å². The molecular weight excluding hydrogens is 373 g/mol. The summed E-state index contributed by atoms with van der Waals surface area (Å²) in [6, 6.07) is 9.67. The largest absolute Gasteiger partial charge is 0.490 e. The summed E-state index contributed by atoms with van der Waals surface area (Å²) in [5, 5.41) is 2.73. The number of rotatable bonds is 10. The van der Waals surface area contributed by atoms with E-state index in [1.807, 2.05) is 32.0 Å². The molecule has 0 bridgehead atoms. The third kappa shape index (κ3) is 6.64. The third-order valence-electron chi connectivity index (χ3n) is 3.60. The fourth-order valence-electron chi connectivity index (χ4n) is 2.36. The Labute approximate surface area is 163 Å². The van der Waals surface area contributed by atoms with E-state index in [4.69, 9.17) is 25.8 Å². The summed E-state index contributed by atoms with van der Waals surface area (Å²) in [5.74, 6) is 0.935. The molecule has 27 heavy (non-hydrogen) atoms. The van der Waals surface area contributed by atoms with Crippen molar-refractivity contribution in [3.63, 3.8) is 0 Å². The lowest BCUT2D eigenvalue weighted by molar-refractivity contribution is -0.123. The lowest BCUT2D eigenvalue weighted by atomic mass is 10.1. The van der Waals surface area contributed by atoms with Crippen LogP contribution in [-0.2, 0) is 11.2 Å². The van der Waals surface area contributed by atoms with Crippen molar-refractivity contribution >= 4 is 17.5 Å². The van der Waals surface area contributed by atoms with Gasteiger partial charge < -0.3 is 19.5 Å². The topological polar surface area (TPSA) is 56.8 Å². The van der Waals surface area contributed by atoms with Crippen LogP contribution >= 0.6 is 11.6 Å². The molecule has 0 saturated heterocycles. The van der Waals surface area contributed by atoms with E-state index in [1.165, 1.54) is 18.2 Å². The quantitative estimate of drug-likeness (QED) is 0.660. The molecule has 5 nitrogen and oxygen atoms in total. The van der Waals surface area contributed by atoms with Crippen LogP contribution in [0.2, 0.25) is 5.02 Å². The minimum absolute atomic E-state index is 0.0477. The number of ether oxygens (including phenoxy) is 3. The Morgan fingerprint density at radius 2 is 1.78 bits per heavy atom. The van der Waals surface area contributed by atoms with Crippen molar-refractivity contribution in [1.29, 1.82) is 0 Å². The van der Waals surface area contributed by atoms with Gasteiger partial charge in [-0.3, -0.25) is 4.79 Å². The fourth-order valence-corrected chi connectivity index (χ4v) is 2.53. The predicted octanol–water partition coefficient (Wildman–Crippen LogP) is 4.01. The molecule has 2 rings (SSSR count). The molecule has 1 N–H and O–H groups in total. The Bertz CT molecular complexity index is 770. The number of nitrogens with one attached hydrogen (secondary N) is 1. The number of halogens is 2. The van der Waals surface area contributed by atoms with Gasteiger partial charge in [-0.15, -0.1) is 0 Å². The maximum absolute atomic E-state index is 13.1. The molecule has 0 saturated carbocycles. The molecule has 0 aliphatic heterocycles. The van der Waals surface area contributed by atoms with E-state index in [0.717, 1.165) is 5.56 Å². The van der Waals surface area contributed by atoms with Gasteiger partial charge >= 0.3 is 0 Å². The van der Waals surface area contributed by atoms with E-state index < -0.39 is 5.82 Å². The maximum atomic E-state index is 13.1. The van der Waals surface area contributed by atoms with E-state index in [0.29, 0.717) is 43.4 Å². The van der Waals surface area contributed by atoms with Crippen LogP contribution in [0, 0.1) is 5.82 Å². The van der Waals surface area contributed by atoms with E-state index in [-0.39, 0.29) is 17.5 Å². The van der Waals surface area contributed by atoms with E-state index >= 15 is 0 Å². The van der Waals surface area contributed by atoms with Crippen molar-refractivity contribution < 1.29 is 23.4 Å². The minimum Gasteiger partial charge on any atom is -0.490 e. The van der Waals surface area contributed by atoms with Crippen LogP contribution in [0.1, 0.15) is 19.4 Å². The van der Waals surface area contributed by atoms with Gasteiger partial charge in [-0.05, 0) is 50.1 Å². The van der Waals surface area contributed by atoms with Gasteiger partial charge in [0.2, 0.25) is 0 Å². The van der Waals surface area contributed by atoms with Crippen molar-refractivity contribution in [2.75, 3.05) is 26.4 Å². The van der Waals surface area contributed by atoms with Crippen molar-refractivity contribution in [1.82, 2.24) is 5.32 Å². The second-order valence-electron chi connectivity index (χ2n) is 5.61. The lowest BCUT2D eigenvalue weighted by Gasteiger charge is -2.13. The second-order valence-corrected chi connectivity index (χ2v) is 6.02. The first-order chi connectivity index (χ1) is 13.0. The molecule has 7 heteroatoms. The molecule has 0 aliphatic rings. The van der Waals surface area contributed by atoms with Gasteiger partial charge in [0.15, 0.2) is 18.1 Å². The van der Waals surface area contributed by atoms with Crippen LogP contribution in [0.3, 0.4) is 0 Å². The Morgan fingerprint density at radius 1 is 1.04 bits per heavy atom. The second kappa shape index (κ2) is 10.6. The molecule has 0 fully saturated rings. The van der Waals surface area contributed by atoms with Gasteiger partial charge in [0.05, 0.1) is 18.2 Å². The van der Waals surface area contributed by atoms with Crippen molar-refractivity contribution in [3.8, 4) is 17.2 Å². The van der Waals surface area contributed by atoms with Crippen LogP contribution in [0.5, 0.6) is 17.2 Å². The molecule has 146 valence electrons. The molecule has 1 amide bonds.